The molecule has 0 amide bonds. The van der Waals surface area contributed by atoms with Crippen LogP contribution in [-0.2, 0) is 4.74 Å². The maximum Gasteiger partial charge on any atom is 0.356 e. The SMILES string of the molecule is [CH2]c1n[nH]c(C(=O)OC)c1C. The molecule has 0 spiro atoms. The lowest BCUT2D eigenvalue weighted by Crippen LogP contribution is -2.03. The van der Waals surface area contributed by atoms with Gasteiger partial charge in [-0.15, -0.1) is 0 Å². The first kappa shape index (κ1) is 7.78. The zero-order valence-corrected chi connectivity index (χ0v) is 6.47. The van der Waals surface area contributed by atoms with Crippen LogP contribution in [0.4, 0.5) is 0 Å². The zero-order valence-electron chi connectivity index (χ0n) is 6.47. The van der Waals surface area contributed by atoms with Crippen LogP contribution in [0.15, 0.2) is 0 Å². The Bertz CT molecular complexity index is 278. The second-order valence-electron chi connectivity index (χ2n) is 2.16. The Morgan fingerprint density at radius 3 is 2.73 bits per heavy atom. The largest absolute Gasteiger partial charge is 0.464 e. The van der Waals surface area contributed by atoms with Gasteiger partial charge in [-0.2, -0.15) is 5.10 Å². The van der Waals surface area contributed by atoms with E-state index in [0.717, 1.165) is 5.56 Å². The summed E-state index contributed by atoms with van der Waals surface area (Å²) in [5.41, 5.74) is 1.68. The first-order valence-electron chi connectivity index (χ1n) is 3.12. The molecule has 0 aromatic carbocycles. The molecule has 0 atom stereocenters. The lowest BCUT2D eigenvalue weighted by atomic mass is 10.2. The van der Waals surface area contributed by atoms with Gasteiger partial charge in [-0.3, -0.25) is 5.10 Å². The van der Waals surface area contributed by atoms with Crippen molar-refractivity contribution in [2.24, 2.45) is 0 Å². The third kappa shape index (κ3) is 1.24. The zero-order chi connectivity index (χ0) is 8.43. The van der Waals surface area contributed by atoms with Crippen molar-refractivity contribution in [1.29, 1.82) is 0 Å². The molecule has 1 N–H and O–H groups in total. The summed E-state index contributed by atoms with van der Waals surface area (Å²) in [6, 6.07) is 0. The highest BCUT2D eigenvalue weighted by Crippen LogP contribution is 2.08. The van der Waals surface area contributed by atoms with E-state index in [4.69, 9.17) is 0 Å². The Morgan fingerprint density at radius 1 is 1.73 bits per heavy atom. The Morgan fingerprint density at radius 2 is 2.36 bits per heavy atom. The number of H-pyrrole nitrogens is 1. The predicted molar refractivity (Wildman–Crippen MR) is 39.1 cm³/mol. The molecular formula is C7H9N2O2. The van der Waals surface area contributed by atoms with Crippen LogP contribution in [0.2, 0.25) is 0 Å². The van der Waals surface area contributed by atoms with Gasteiger partial charge in [-0.1, -0.05) is 0 Å². The molecule has 4 nitrogen and oxygen atoms in total. The van der Waals surface area contributed by atoms with Gasteiger partial charge in [0.2, 0.25) is 0 Å². The van der Waals surface area contributed by atoms with Crippen molar-refractivity contribution in [1.82, 2.24) is 10.2 Å². The molecule has 0 saturated carbocycles. The van der Waals surface area contributed by atoms with E-state index in [1.54, 1.807) is 6.92 Å². The normalized spacial score (nSPS) is 9.73. The van der Waals surface area contributed by atoms with Crippen LogP contribution < -0.4 is 0 Å². The number of carbonyl (C=O) groups is 1. The molecule has 59 valence electrons. The third-order valence-corrected chi connectivity index (χ3v) is 1.50. The Kier molecular flexibility index (Phi) is 1.94. The molecule has 0 unspecified atom stereocenters. The second kappa shape index (κ2) is 2.74. The Balaban J connectivity index is 3.04. The average molecular weight is 153 g/mol. The number of aromatic amines is 1. The van der Waals surface area contributed by atoms with E-state index in [0.29, 0.717) is 11.4 Å². The van der Waals surface area contributed by atoms with Gasteiger partial charge in [-0.05, 0) is 13.8 Å². The van der Waals surface area contributed by atoms with Gasteiger partial charge in [-0.25, -0.2) is 4.79 Å². The van der Waals surface area contributed by atoms with Crippen LogP contribution in [0.25, 0.3) is 0 Å². The average Bonchev–Trinajstić information content (AvgIpc) is 2.32. The van der Waals surface area contributed by atoms with Gasteiger partial charge in [0.05, 0.1) is 12.8 Å². The fourth-order valence-electron chi connectivity index (χ4n) is 0.736. The molecule has 4 heteroatoms. The Hall–Kier alpha value is -1.32. The fourth-order valence-corrected chi connectivity index (χ4v) is 0.736. The number of carbonyl (C=O) groups excluding carboxylic acids is 1. The van der Waals surface area contributed by atoms with E-state index >= 15 is 0 Å². The summed E-state index contributed by atoms with van der Waals surface area (Å²) in [6.45, 7) is 5.37. The minimum atomic E-state index is -0.412. The highest BCUT2D eigenvalue weighted by atomic mass is 16.5. The molecule has 0 aliphatic carbocycles. The molecule has 1 rings (SSSR count). The van der Waals surface area contributed by atoms with E-state index in [2.05, 4.69) is 21.9 Å². The molecule has 0 saturated heterocycles. The number of rotatable bonds is 1. The maximum atomic E-state index is 10.9. The molecular weight excluding hydrogens is 144 g/mol. The predicted octanol–water partition coefficient (Wildman–Crippen LogP) is 0.687. The number of aromatic nitrogens is 2. The van der Waals surface area contributed by atoms with Gasteiger partial charge >= 0.3 is 5.97 Å². The molecule has 1 heterocycles. The first-order valence-corrected chi connectivity index (χ1v) is 3.12. The number of nitrogens with zero attached hydrogens (tertiary/aromatic N) is 1. The van der Waals surface area contributed by atoms with Crippen LogP contribution >= 0.6 is 0 Å². The summed E-state index contributed by atoms with van der Waals surface area (Å²) < 4.78 is 4.49. The third-order valence-electron chi connectivity index (χ3n) is 1.50. The van der Waals surface area contributed by atoms with E-state index in [9.17, 15) is 4.79 Å². The number of nitrogens with one attached hydrogen (secondary N) is 1. The number of hydrogen-bond acceptors (Lipinski definition) is 3. The van der Waals surface area contributed by atoms with Crippen molar-refractivity contribution in [3.8, 4) is 0 Å². The van der Waals surface area contributed by atoms with Gasteiger partial charge in [0.1, 0.15) is 5.69 Å². The summed E-state index contributed by atoms with van der Waals surface area (Å²) in [6.07, 6.45) is 0. The summed E-state index contributed by atoms with van der Waals surface area (Å²) in [7, 11) is 1.32. The van der Waals surface area contributed by atoms with Crippen LogP contribution in [0, 0.1) is 13.8 Å². The first-order chi connectivity index (χ1) is 5.16. The number of esters is 1. The molecule has 0 bridgehead atoms. The molecule has 1 radical (unpaired) electrons. The van der Waals surface area contributed by atoms with Gasteiger partial charge in [0.15, 0.2) is 0 Å². The molecule has 0 fully saturated rings. The monoisotopic (exact) mass is 153 g/mol. The lowest BCUT2D eigenvalue weighted by molar-refractivity contribution is 0.0593. The molecule has 0 aliphatic rings. The standard InChI is InChI=1S/C7H9N2O2/c1-4-5(2)8-9-6(4)7(10)11-3/h2H2,1,3H3,(H,8,9). The summed E-state index contributed by atoms with van der Waals surface area (Å²) in [5, 5.41) is 6.29. The number of ether oxygens (including phenoxy) is 1. The van der Waals surface area contributed by atoms with Crippen molar-refractivity contribution in [2.45, 2.75) is 6.92 Å². The van der Waals surface area contributed by atoms with Crippen LogP contribution in [0.3, 0.4) is 0 Å². The minimum absolute atomic E-state index is 0.373. The van der Waals surface area contributed by atoms with E-state index in [-0.39, 0.29) is 0 Å². The van der Waals surface area contributed by atoms with E-state index in [1.807, 2.05) is 0 Å². The van der Waals surface area contributed by atoms with Crippen LogP contribution in [-0.4, -0.2) is 23.3 Å². The van der Waals surface area contributed by atoms with E-state index < -0.39 is 5.97 Å². The molecule has 0 aliphatic heterocycles. The highest BCUT2D eigenvalue weighted by molar-refractivity contribution is 5.88. The van der Waals surface area contributed by atoms with Crippen LogP contribution in [0.1, 0.15) is 21.7 Å². The molecule has 1 aromatic heterocycles. The van der Waals surface area contributed by atoms with Crippen molar-refractivity contribution in [2.75, 3.05) is 7.11 Å². The topological polar surface area (TPSA) is 55.0 Å². The highest BCUT2D eigenvalue weighted by Gasteiger charge is 2.12. The number of hydrogen-bond donors (Lipinski definition) is 1. The summed E-state index contributed by atoms with van der Waals surface area (Å²) in [5.74, 6) is -0.412. The molecule has 11 heavy (non-hydrogen) atoms. The minimum Gasteiger partial charge on any atom is -0.464 e. The Labute approximate surface area is 64.6 Å². The van der Waals surface area contributed by atoms with Crippen molar-refractivity contribution in [3.63, 3.8) is 0 Å². The number of methoxy groups -OCH3 is 1. The smallest absolute Gasteiger partial charge is 0.356 e. The maximum absolute atomic E-state index is 10.9. The summed E-state index contributed by atoms with van der Waals surface area (Å²) in [4.78, 5) is 10.9. The van der Waals surface area contributed by atoms with Crippen LogP contribution in [0.5, 0.6) is 0 Å². The van der Waals surface area contributed by atoms with Crippen molar-refractivity contribution in [3.05, 3.63) is 23.9 Å². The van der Waals surface area contributed by atoms with Crippen molar-refractivity contribution >= 4 is 5.97 Å². The van der Waals surface area contributed by atoms with Gasteiger partial charge in [0, 0.05) is 5.56 Å². The van der Waals surface area contributed by atoms with Gasteiger partial charge in [0.25, 0.3) is 0 Å². The quantitative estimate of drug-likeness (QED) is 0.604. The lowest BCUT2D eigenvalue weighted by Gasteiger charge is -1.94. The van der Waals surface area contributed by atoms with E-state index in [1.165, 1.54) is 7.11 Å². The molecule has 1 aromatic rings. The summed E-state index contributed by atoms with van der Waals surface area (Å²) >= 11 is 0. The second-order valence-corrected chi connectivity index (χ2v) is 2.16. The van der Waals surface area contributed by atoms with Crippen molar-refractivity contribution < 1.29 is 9.53 Å². The van der Waals surface area contributed by atoms with Gasteiger partial charge < -0.3 is 4.74 Å². The fraction of sp³-hybridized carbons (Fsp3) is 0.286.